The molecular formula is C20H30N6O4. The van der Waals surface area contributed by atoms with Crippen molar-refractivity contribution in [2.24, 2.45) is 0 Å². The van der Waals surface area contributed by atoms with Gasteiger partial charge in [0, 0.05) is 35.9 Å². The van der Waals surface area contributed by atoms with Gasteiger partial charge in [-0.25, -0.2) is 14.6 Å². The van der Waals surface area contributed by atoms with Crippen LogP contribution in [0.5, 0.6) is 0 Å². The lowest BCUT2D eigenvalue weighted by atomic mass is 10.1. The average Bonchev–Trinajstić information content (AvgIpc) is 2.94. The first-order valence-electron chi connectivity index (χ1n) is 9.86. The zero-order chi connectivity index (χ0) is 22.5. The van der Waals surface area contributed by atoms with E-state index in [0.29, 0.717) is 11.6 Å². The van der Waals surface area contributed by atoms with Crippen LogP contribution in [-0.4, -0.2) is 50.6 Å². The largest absolute Gasteiger partial charge is 0.343 e. The third-order valence-electron chi connectivity index (χ3n) is 4.51. The standard InChI is InChI=1S/C20H30N6O4/c1-8-29-20(7,30-9-2)18(28)24-23-17(27)11-16-14(5)25-26(15(16)6)19-21-12(3)10-13(4)22-19/h10H,8-9,11H2,1-7H3,(H,23,27)(H,24,28). The van der Waals surface area contributed by atoms with Gasteiger partial charge in [0.2, 0.25) is 11.7 Å². The zero-order valence-corrected chi connectivity index (χ0v) is 18.6. The van der Waals surface area contributed by atoms with Gasteiger partial charge in [0.25, 0.3) is 11.9 Å². The molecule has 0 fully saturated rings. The summed E-state index contributed by atoms with van der Waals surface area (Å²) in [7, 11) is 0. The highest BCUT2D eigenvalue weighted by Crippen LogP contribution is 2.17. The third kappa shape index (κ3) is 5.39. The van der Waals surface area contributed by atoms with Crippen molar-refractivity contribution in [3.8, 4) is 5.95 Å². The number of nitrogens with zero attached hydrogens (tertiary/aromatic N) is 4. The molecule has 2 N–H and O–H groups in total. The molecule has 10 heteroatoms. The van der Waals surface area contributed by atoms with Gasteiger partial charge in [-0.15, -0.1) is 0 Å². The quantitative estimate of drug-likeness (QED) is 0.491. The van der Waals surface area contributed by atoms with Crippen molar-refractivity contribution in [3.05, 3.63) is 34.4 Å². The zero-order valence-electron chi connectivity index (χ0n) is 18.6. The first-order valence-corrected chi connectivity index (χ1v) is 9.86. The first-order chi connectivity index (χ1) is 14.1. The van der Waals surface area contributed by atoms with E-state index in [9.17, 15) is 9.59 Å². The molecule has 0 saturated carbocycles. The van der Waals surface area contributed by atoms with Crippen LogP contribution in [0.15, 0.2) is 6.07 Å². The summed E-state index contributed by atoms with van der Waals surface area (Å²) < 4.78 is 12.4. The summed E-state index contributed by atoms with van der Waals surface area (Å²) in [6, 6.07) is 1.88. The topological polar surface area (TPSA) is 120 Å². The molecule has 0 radical (unpaired) electrons. The van der Waals surface area contributed by atoms with Crippen molar-refractivity contribution in [2.45, 2.75) is 60.7 Å². The van der Waals surface area contributed by atoms with Crippen molar-refractivity contribution in [1.82, 2.24) is 30.6 Å². The molecule has 0 saturated heterocycles. The molecule has 2 heterocycles. The van der Waals surface area contributed by atoms with E-state index >= 15 is 0 Å². The van der Waals surface area contributed by atoms with Crippen molar-refractivity contribution >= 4 is 11.8 Å². The van der Waals surface area contributed by atoms with Crippen LogP contribution in [0.4, 0.5) is 0 Å². The first kappa shape index (κ1) is 23.4. The second-order valence-electron chi connectivity index (χ2n) is 7.00. The molecule has 30 heavy (non-hydrogen) atoms. The van der Waals surface area contributed by atoms with Gasteiger partial charge in [0.1, 0.15) is 0 Å². The highest BCUT2D eigenvalue weighted by molar-refractivity contribution is 5.87. The fourth-order valence-electron chi connectivity index (χ4n) is 3.10. The minimum Gasteiger partial charge on any atom is -0.343 e. The van der Waals surface area contributed by atoms with Crippen LogP contribution >= 0.6 is 0 Å². The monoisotopic (exact) mass is 418 g/mol. The Morgan fingerprint density at radius 3 is 2.13 bits per heavy atom. The molecule has 2 aromatic rings. The lowest BCUT2D eigenvalue weighted by Crippen LogP contribution is -2.54. The van der Waals surface area contributed by atoms with Gasteiger partial charge in [-0.3, -0.25) is 20.4 Å². The average molecular weight is 418 g/mol. The van der Waals surface area contributed by atoms with E-state index in [2.05, 4.69) is 25.9 Å². The fraction of sp³-hybridized carbons (Fsp3) is 0.550. The van der Waals surface area contributed by atoms with E-state index in [4.69, 9.17) is 9.47 Å². The highest BCUT2D eigenvalue weighted by Gasteiger charge is 2.35. The molecule has 10 nitrogen and oxygen atoms in total. The maximum absolute atomic E-state index is 12.4. The Labute approximate surface area is 176 Å². The molecule has 0 aliphatic carbocycles. The smallest absolute Gasteiger partial charge is 0.298 e. The Balaban J connectivity index is 2.10. The number of carbonyl (C=O) groups is 2. The molecule has 0 aliphatic heterocycles. The summed E-state index contributed by atoms with van der Waals surface area (Å²) in [6.45, 7) is 13.0. The predicted octanol–water partition coefficient (Wildman–Crippen LogP) is 1.38. The normalized spacial score (nSPS) is 11.4. The highest BCUT2D eigenvalue weighted by atomic mass is 16.7. The van der Waals surface area contributed by atoms with Gasteiger partial charge in [-0.2, -0.15) is 5.10 Å². The number of nitrogens with one attached hydrogen (secondary N) is 2. The van der Waals surface area contributed by atoms with E-state index < -0.39 is 17.6 Å². The second kappa shape index (κ2) is 9.77. The Morgan fingerprint density at radius 2 is 1.60 bits per heavy atom. The maximum Gasteiger partial charge on any atom is 0.298 e. The minimum absolute atomic E-state index is 0.0305. The Morgan fingerprint density at radius 1 is 1.03 bits per heavy atom. The van der Waals surface area contributed by atoms with Crippen molar-refractivity contribution < 1.29 is 19.1 Å². The minimum atomic E-state index is -1.48. The van der Waals surface area contributed by atoms with Gasteiger partial charge in [-0.05, 0) is 54.5 Å². The van der Waals surface area contributed by atoms with Crippen LogP contribution < -0.4 is 10.9 Å². The molecule has 0 atom stereocenters. The lowest BCUT2D eigenvalue weighted by molar-refractivity contribution is -0.219. The summed E-state index contributed by atoms with van der Waals surface area (Å²) in [5, 5.41) is 4.48. The van der Waals surface area contributed by atoms with E-state index in [1.807, 2.05) is 33.8 Å². The lowest BCUT2D eigenvalue weighted by Gasteiger charge is -2.27. The molecule has 0 spiro atoms. The summed E-state index contributed by atoms with van der Waals surface area (Å²) in [4.78, 5) is 33.7. The number of amides is 2. The van der Waals surface area contributed by atoms with Crippen molar-refractivity contribution in [1.29, 1.82) is 0 Å². The number of aromatic nitrogens is 4. The molecule has 0 bridgehead atoms. The molecule has 2 aromatic heterocycles. The molecule has 2 amide bonds. The van der Waals surface area contributed by atoms with E-state index in [1.54, 1.807) is 18.5 Å². The van der Waals surface area contributed by atoms with Gasteiger partial charge in [0.15, 0.2) is 0 Å². The molecule has 0 aromatic carbocycles. The molecule has 0 unspecified atom stereocenters. The van der Waals surface area contributed by atoms with Crippen LogP contribution in [0.25, 0.3) is 5.95 Å². The van der Waals surface area contributed by atoms with Crippen molar-refractivity contribution in [2.75, 3.05) is 13.2 Å². The Hall–Kier alpha value is -2.85. The molecule has 2 rings (SSSR count). The number of rotatable bonds is 8. The number of carbonyl (C=O) groups excluding carboxylic acids is 2. The third-order valence-corrected chi connectivity index (χ3v) is 4.51. The van der Waals surface area contributed by atoms with Crippen LogP contribution in [0.1, 0.15) is 49.1 Å². The second-order valence-corrected chi connectivity index (χ2v) is 7.00. The molecule has 0 aliphatic rings. The van der Waals surface area contributed by atoms with Gasteiger partial charge in [0.05, 0.1) is 12.1 Å². The number of hydrazine groups is 1. The van der Waals surface area contributed by atoms with E-state index in [1.165, 1.54) is 6.92 Å². The summed E-state index contributed by atoms with van der Waals surface area (Å²) in [5.41, 5.74) is 8.62. The Bertz CT molecular complexity index is 898. The summed E-state index contributed by atoms with van der Waals surface area (Å²) >= 11 is 0. The SMILES string of the molecule is CCOC(C)(OCC)C(=O)NNC(=O)Cc1c(C)nn(-c2nc(C)cc(C)n2)c1C. The van der Waals surface area contributed by atoms with E-state index in [0.717, 1.165) is 22.6 Å². The number of hydrogen-bond acceptors (Lipinski definition) is 7. The van der Waals surface area contributed by atoms with Gasteiger partial charge >= 0.3 is 0 Å². The molecular weight excluding hydrogens is 388 g/mol. The van der Waals surface area contributed by atoms with Crippen LogP contribution in [-0.2, 0) is 25.5 Å². The van der Waals surface area contributed by atoms with E-state index in [-0.39, 0.29) is 19.6 Å². The number of hydrogen-bond donors (Lipinski definition) is 2. The molecule has 164 valence electrons. The van der Waals surface area contributed by atoms with Crippen LogP contribution in [0.2, 0.25) is 0 Å². The summed E-state index contributed by atoms with van der Waals surface area (Å²) in [5.74, 6) is -2.01. The van der Waals surface area contributed by atoms with Crippen LogP contribution in [0.3, 0.4) is 0 Å². The van der Waals surface area contributed by atoms with Crippen molar-refractivity contribution in [3.63, 3.8) is 0 Å². The number of ether oxygens (including phenoxy) is 2. The van der Waals surface area contributed by atoms with Gasteiger partial charge < -0.3 is 9.47 Å². The fourth-order valence-corrected chi connectivity index (χ4v) is 3.10. The van der Waals surface area contributed by atoms with Crippen LogP contribution in [0, 0.1) is 27.7 Å². The maximum atomic E-state index is 12.4. The number of aryl methyl sites for hydroxylation is 3. The summed E-state index contributed by atoms with van der Waals surface area (Å²) in [6.07, 6.45) is 0.0305. The predicted molar refractivity (Wildman–Crippen MR) is 110 cm³/mol. The van der Waals surface area contributed by atoms with Gasteiger partial charge in [-0.1, -0.05) is 0 Å². The Kier molecular flexibility index (Phi) is 7.63.